The highest BCUT2D eigenvalue weighted by atomic mass is 32.2. The fourth-order valence-electron chi connectivity index (χ4n) is 4.00. The van der Waals surface area contributed by atoms with Gasteiger partial charge in [-0.25, -0.2) is 4.98 Å². The topological polar surface area (TPSA) is 73.2 Å². The summed E-state index contributed by atoms with van der Waals surface area (Å²) in [7, 11) is 1.62. The third-order valence-electron chi connectivity index (χ3n) is 5.72. The van der Waals surface area contributed by atoms with Crippen molar-refractivity contribution in [2.24, 2.45) is 0 Å². The molecular weight excluding hydrogens is 442 g/mol. The first kappa shape index (κ1) is 22.9. The molecule has 0 fully saturated rings. The number of rotatable bonds is 8. The fourth-order valence-corrected chi connectivity index (χ4v) is 6.15. The molecule has 0 saturated heterocycles. The van der Waals surface area contributed by atoms with Gasteiger partial charge >= 0.3 is 0 Å². The summed E-state index contributed by atoms with van der Waals surface area (Å²) in [5, 5.41) is 4.24. The van der Waals surface area contributed by atoms with Crippen molar-refractivity contribution in [3.63, 3.8) is 0 Å². The third kappa shape index (κ3) is 4.86. The van der Waals surface area contributed by atoms with Crippen molar-refractivity contribution in [2.75, 3.05) is 19.4 Å². The normalized spacial score (nSPS) is 13.6. The molecule has 170 valence electrons. The van der Waals surface area contributed by atoms with Gasteiger partial charge in [-0.3, -0.25) is 14.2 Å². The number of aromatic nitrogens is 2. The Labute approximate surface area is 196 Å². The van der Waals surface area contributed by atoms with Crippen molar-refractivity contribution in [2.45, 2.75) is 57.0 Å². The predicted octanol–water partition coefficient (Wildman–Crippen LogP) is 4.73. The Hall–Kier alpha value is -2.32. The van der Waals surface area contributed by atoms with E-state index in [0.29, 0.717) is 11.7 Å². The van der Waals surface area contributed by atoms with Crippen LogP contribution in [0.5, 0.6) is 5.75 Å². The smallest absolute Gasteiger partial charge is 0.267 e. The summed E-state index contributed by atoms with van der Waals surface area (Å²) in [5.74, 6) is 0.911. The van der Waals surface area contributed by atoms with E-state index in [9.17, 15) is 9.59 Å². The number of unbranched alkanes of at least 4 members (excludes halogenated alkanes) is 1. The summed E-state index contributed by atoms with van der Waals surface area (Å²) in [4.78, 5) is 33.1. The van der Waals surface area contributed by atoms with Crippen LogP contribution in [0.4, 0.5) is 0 Å². The van der Waals surface area contributed by atoms with Crippen molar-refractivity contribution >= 4 is 39.2 Å². The first-order chi connectivity index (χ1) is 15.6. The molecule has 1 amide bonds. The number of amides is 1. The van der Waals surface area contributed by atoms with Gasteiger partial charge in [0.2, 0.25) is 5.91 Å². The standard InChI is InChI=1S/C24H29N3O3S2/c1-3-4-14-25-20(28)15-31-24-26-22-21(18-8-6-5-7-9-19(18)32-22)23(29)27(24)16-10-12-17(30-2)13-11-16/h10-13H,3-9,14-15H2,1-2H3,(H,25,28). The zero-order valence-corrected chi connectivity index (χ0v) is 20.2. The number of carbonyl (C=O) groups excluding carboxylic acids is 1. The molecule has 0 unspecified atom stereocenters. The number of thiophene rings is 1. The van der Waals surface area contributed by atoms with Gasteiger partial charge in [0.15, 0.2) is 5.16 Å². The highest BCUT2D eigenvalue weighted by Crippen LogP contribution is 2.34. The van der Waals surface area contributed by atoms with Crippen molar-refractivity contribution in [3.8, 4) is 11.4 Å². The van der Waals surface area contributed by atoms with Crippen LogP contribution in [0.25, 0.3) is 15.9 Å². The minimum atomic E-state index is -0.0477. The van der Waals surface area contributed by atoms with E-state index in [-0.39, 0.29) is 17.2 Å². The van der Waals surface area contributed by atoms with Crippen molar-refractivity contribution in [1.29, 1.82) is 0 Å². The second-order valence-corrected chi connectivity index (χ2v) is 10.00. The van der Waals surface area contributed by atoms with E-state index in [1.165, 1.54) is 28.6 Å². The van der Waals surface area contributed by atoms with Crippen LogP contribution in [-0.2, 0) is 17.6 Å². The molecule has 4 rings (SSSR count). The molecule has 0 spiro atoms. The minimum absolute atomic E-state index is 0.0407. The first-order valence-electron chi connectivity index (χ1n) is 11.2. The predicted molar refractivity (Wildman–Crippen MR) is 132 cm³/mol. The van der Waals surface area contributed by atoms with E-state index < -0.39 is 0 Å². The molecule has 2 heterocycles. The van der Waals surface area contributed by atoms with Crippen LogP contribution in [0.3, 0.4) is 0 Å². The van der Waals surface area contributed by atoms with Crippen molar-refractivity contribution in [3.05, 3.63) is 45.1 Å². The molecular formula is C24H29N3O3S2. The van der Waals surface area contributed by atoms with Gasteiger partial charge in [0.25, 0.3) is 5.56 Å². The molecule has 3 aromatic rings. The molecule has 8 heteroatoms. The number of benzene rings is 1. The summed E-state index contributed by atoms with van der Waals surface area (Å²) in [5.41, 5.74) is 1.86. The Kier molecular flexibility index (Phi) is 7.52. The lowest BCUT2D eigenvalue weighted by Gasteiger charge is -2.13. The van der Waals surface area contributed by atoms with Gasteiger partial charge < -0.3 is 10.1 Å². The molecule has 0 aliphatic heterocycles. The van der Waals surface area contributed by atoms with Crippen molar-refractivity contribution < 1.29 is 9.53 Å². The molecule has 0 radical (unpaired) electrons. The van der Waals surface area contributed by atoms with Gasteiger partial charge in [0.1, 0.15) is 10.6 Å². The maximum Gasteiger partial charge on any atom is 0.267 e. The number of aryl methyl sites for hydroxylation is 2. The molecule has 0 saturated carbocycles. The molecule has 2 aromatic heterocycles. The number of thioether (sulfide) groups is 1. The van der Waals surface area contributed by atoms with Crippen LogP contribution in [0.1, 0.15) is 49.5 Å². The number of nitrogens with zero attached hydrogens (tertiary/aromatic N) is 2. The molecule has 0 atom stereocenters. The Bertz CT molecular complexity index is 1150. The molecule has 1 N–H and O–H groups in total. The number of methoxy groups -OCH3 is 1. The van der Waals surface area contributed by atoms with Crippen LogP contribution < -0.4 is 15.6 Å². The Balaban J connectivity index is 1.76. The Morgan fingerprint density at radius 2 is 2.00 bits per heavy atom. The van der Waals surface area contributed by atoms with Gasteiger partial charge in [-0.1, -0.05) is 31.5 Å². The first-order valence-corrected chi connectivity index (χ1v) is 13.0. The number of carbonyl (C=O) groups is 1. The quantitative estimate of drug-likeness (QED) is 0.222. The maximum absolute atomic E-state index is 13.8. The average Bonchev–Trinajstić information content (AvgIpc) is 2.99. The summed E-state index contributed by atoms with van der Waals surface area (Å²) < 4.78 is 6.93. The lowest BCUT2D eigenvalue weighted by molar-refractivity contribution is -0.118. The van der Waals surface area contributed by atoms with E-state index in [2.05, 4.69) is 12.2 Å². The lowest BCUT2D eigenvalue weighted by Crippen LogP contribution is -2.27. The zero-order chi connectivity index (χ0) is 22.5. The van der Waals surface area contributed by atoms with Gasteiger partial charge in [-0.2, -0.15) is 0 Å². The summed E-state index contributed by atoms with van der Waals surface area (Å²) in [6, 6.07) is 7.41. The maximum atomic E-state index is 13.8. The lowest BCUT2D eigenvalue weighted by atomic mass is 10.1. The van der Waals surface area contributed by atoms with Crippen molar-refractivity contribution in [1.82, 2.24) is 14.9 Å². The number of hydrogen-bond acceptors (Lipinski definition) is 6. The molecule has 1 aromatic carbocycles. The van der Waals surface area contributed by atoms with E-state index in [4.69, 9.17) is 9.72 Å². The van der Waals surface area contributed by atoms with Gasteiger partial charge in [0, 0.05) is 11.4 Å². The van der Waals surface area contributed by atoms with Gasteiger partial charge in [0.05, 0.1) is 23.9 Å². The second-order valence-electron chi connectivity index (χ2n) is 7.97. The minimum Gasteiger partial charge on any atom is -0.497 e. The highest BCUT2D eigenvalue weighted by Gasteiger charge is 2.22. The van der Waals surface area contributed by atoms with Crippen LogP contribution in [-0.4, -0.2) is 34.9 Å². The SMILES string of the molecule is CCCCNC(=O)CSc1nc2sc3c(c2c(=O)n1-c1ccc(OC)cc1)CCCCC3. The summed E-state index contributed by atoms with van der Waals surface area (Å²) in [6.45, 7) is 2.77. The molecule has 0 bridgehead atoms. The van der Waals surface area contributed by atoms with Crippen LogP contribution >= 0.6 is 23.1 Å². The number of nitrogens with one attached hydrogen (secondary N) is 1. The largest absolute Gasteiger partial charge is 0.497 e. The fraction of sp³-hybridized carbons (Fsp3) is 0.458. The highest BCUT2D eigenvalue weighted by molar-refractivity contribution is 7.99. The molecule has 6 nitrogen and oxygen atoms in total. The van der Waals surface area contributed by atoms with Crippen LogP contribution in [0.15, 0.2) is 34.2 Å². The Morgan fingerprint density at radius 1 is 1.22 bits per heavy atom. The monoisotopic (exact) mass is 471 g/mol. The molecule has 1 aliphatic carbocycles. The van der Waals surface area contributed by atoms with E-state index in [0.717, 1.165) is 60.2 Å². The van der Waals surface area contributed by atoms with E-state index >= 15 is 0 Å². The van der Waals surface area contributed by atoms with E-state index in [1.807, 2.05) is 24.3 Å². The number of hydrogen-bond donors (Lipinski definition) is 1. The molecule has 1 aliphatic rings. The molecule has 32 heavy (non-hydrogen) atoms. The second kappa shape index (κ2) is 10.5. The number of ether oxygens (including phenoxy) is 1. The van der Waals surface area contributed by atoms with Crippen LogP contribution in [0, 0.1) is 0 Å². The number of fused-ring (bicyclic) bond motifs is 3. The van der Waals surface area contributed by atoms with Gasteiger partial charge in [-0.05, 0) is 61.9 Å². The zero-order valence-electron chi connectivity index (χ0n) is 18.6. The summed E-state index contributed by atoms with van der Waals surface area (Å²) in [6.07, 6.45) is 7.40. The van der Waals surface area contributed by atoms with Crippen LogP contribution in [0.2, 0.25) is 0 Å². The Morgan fingerprint density at radius 3 is 2.75 bits per heavy atom. The third-order valence-corrected chi connectivity index (χ3v) is 7.85. The van der Waals surface area contributed by atoms with E-state index in [1.54, 1.807) is 23.0 Å². The van der Waals surface area contributed by atoms with Gasteiger partial charge in [-0.15, -0.1) is 11.3 Å². The summed E-state index contributed by atoms with van der Waals surface area (Å²) >= 11 is 2.96. The average molecular weight is 472 g/mol.